The highest BCUT2D eigenvalue weighted by Crippen LogP contribution is 2.33. The molecule has 0 aliphatic heterocycles. The number of methoxy groups -OCH3 is 1. The number of hydrogen-bond acceptors (Lipinski definition) is 6. The fourth-order valence-electron chi connectivity index (χ4n) is 2.84. The van der Waals surface area contributed by atoms with Crippen LogP contribution in [0.3, 0.4) is 0 Å². The van der Waals surface area contributed by atoms with Crippen molar-refractivity contribution in [3.05, 3.63) is 46.1 Å². The maximum absolute atomic E-state index is 6.22. The van der Waals surface area contributed by atoms with Gasteiger partial charge >= 0.3 is 0 Å². The van der Waals surface area contributed by atoms with Gasteiger partial charge in [0.15, 0.2) is 0 Å². The lowest BCUT2D eigenvalue weighted by Gasteiger charge is -2.24. The second kappa shape index (κ2) is 6.98. The zero-order valence-corrected chi connectivity index (χ0v) is 16.1. The summed E-state index contributed by atoms with van der Waals surface area (Å²) in [7, 11) is 3.75. The molecule has 3 rings (SSSR count). The molecule has 0 fully saturated rings. The second-order valence-electron chi connectivity index (χ2n) is 6.37. The van der Waals surface area contributed by atoms with E-state index in [0.717, 1.165) is 28.3 Å². The molecule has 0 spiro atoms. The Labute approximate surface area is 152 Å². The average molecular weight is 356 g/mol. The number of nitrogen functional groups attached to an aromatic ring is 1. The van der Waals surface area contributed by atoms with Gasteiger partial charge in [0, 0.05) is 11.4 Å². The van der Waals surface area contributed by atoms with Crippen molar-refractivity contribution in [2.24, 2.45) is 0 Å². The lowest BCUT2D eigenvalue weighted by atomic mass is 10.1. The molecule has 2 aromatic heterocycles. The highest BCUT2D eigenvalue weighted by atomic mass is 32.1. The quantitative estimate of drug-likeness (QED) is 0.746. The first-order valence-corrected chi connectivity index (χ1v) is 9.08. The molecule has 0 bridgehead atoms. The van der Waals surface area contributed by atoms with Crippen LogP contribution in [0.2, 0.25) is 0 Å². The van der Waals surface area contributed by atoms with Gasteiger partial charge in [0.1, 0.15) is 22.2 Å². The van der Waals surface area contributed by atoms with Gasteiger partial charge in [-0.1, -0.05) is 12.1 Å². The number of benzene rings is 1. The number of nitrogens with zero attached hydrogens (tertiary/aromatic N) is 3. The molecule has 132 valence electrons. The highest BCUT2D eigenvalue weighted by molar-refractivity contribution is 7.18. The smallest absolute Gasteiger partial charge is 0.149 e. The van der Waals surface area contributed by atoms with Crippen molar-refractivity contribution in [3.63, 3.8) is 0 Å². The predicted octanol–water partition coefficient (Wildman–Crippen LogP) is 4.09. The molecule has 0 radical (unpaired) electrons. The number of thiophene rings is 1. The Morgan fingerprint density at radius 2 is 1.88 bits per heavy atom. The van der Waals surface area contributed by atoms with Crippen molar-refractivity contribution < 1.29 is 4.74 Å². The van der Waals surface area contributed by atoms with Crippen LogP contribution in [0.5, 0.6) is 5.75 Å². The maximum Gasteiger partial charge on any atom is 0.149 e. The second-order valence-corrected chi connectivity index (χ2v) is 7.57. The minimum atomic E-state index is 0.0662. The third kappa shape index (κ3) is 3.45. The molecule has 0 saturated heterocycles. The minimum absolute atomic E-state index is 0.0662. The molecular weight excluding hydrogens is 332 g/mol. The summed E-state index contributed by atoms with van der Waals surface area (Å²) in [6, 6.07) is 8.17. The number of nitrogens with two attached hydrogens (primary N) is 1. The van der Waals surface area contributed by atoms with Crippen molar-refractivity contribution in [3.8, 4) is 5.75 Å². The molecule has 6 heteroatoms. The van der Waals surface area contributed by atoms with Gasteiger partial charge in [0.2, 0.25) is 0 Å². The lowest BCUT2D eigenvalue weighted by molar-refractivity contribution is 0.244. The number of hydrogen-bond donors (Lipinski definition) is 1. The molecule has 0 saturated carbocycles. The van der Waals surface area contributed by atoms with E-state index >= 15 is 0 Å². The lowest BCUT2D eigenvalue weighted by Crippen LogP contribution is -2.24. The Morgan fingerprint density at radius 1 is 1.20 bits per heavy atom. The van der Waals surface area contributed by atoms with Gasteiger partial charge in [-0.15, -0.1) is 11.3 Å². The fraction of sp³-hybridized carbons (Fsp3) is 0.368. The Hall–Kier alpha value is -2.18. The molecule has 5 nitrogen and oxygen atoms in total. The van der Waals surface area contributed by atoms with Crippen molar-refractivity contribution in [1.82, 2.24) is 14.9 Å². The van der Waals surface area contributed by atoms with Crippen LogP contribution in [0.15, 0.2) is 24.3 Å². The van der Waals surface area contributed by atoms with E-state index < -0.39 is 0 Å². The summed E-state index contributed by atoms with van der Waals surface area (Å²) in [5, 5.41) is 0.997. The largest absolute Gasteiger partial charge is 0.497 e. The van der Waals surface area contributed by atoms with E-state index in [9.17, 15) is 0 Å². The van der Waals surface area contributed by atoms with Crippen molar-refractivity contribution in [1.29, 1.82) is 0 Å². The molecule has 0 aliphatic rings. The fourth-order valence-corrected chi connectivity index (χ4v) is 3.88. The van der Waals surface area contributed by atoms with E-state index in [2.05, 4.69) is 49.8 Å². The molecule has 25 heavy (non-hydrogen) atoms. The van der Waals surface area contributed by atoms with Crippen LogP contribution in [0.1, 0.15) is 34.8 Å². The van der Waals surface area contributed by atoms with Crippen LogP contribution in [-0.2, 0) is 6.54 Å². The van der Waals surface area contributed by atoms with Crippen molar-refractivity contribution in [2.45, 2.75) is 33.4 Å². The first-order valence-electron chi connectivity index (χ1n) is 8.27. The van der Waals surface area contributed by atoms with Crippen LogP contribution in [0.4, 0.5) is 5.82 Å². The van der Waals surface area contributed by atoms with Crippen molar-refractivity contribution >= 4 is 27.4 Å². The molecule has 0 aliphatic carbocycles. The van der Waals surface area contributed by atoms with Gasteiger partial charge in [-0.25, -0.2) is 9.97 Å². The number of fused-ring (bicyclic) bond motifs is 1. The summed E-state index contributed by atoms with van der Waals surface area (Å²) in [5.41, 5.74) is 8.62. The zero-order chi connectivity index (χ0) is 18.1. The summed E-state index contributed by atoms with van der Waals surface area (Å²) in [4.78, 5) is 13.8. The summed E-state index contributed by atoms with van der Waals surface area (Å²) in [5.74, 6) is 2.21. The Balaban J connectivity index is 1.83. The van der Waals surface area contributed by atoms with Gasteiger partial charge in [-0.05, 0) is 51.1 Å². The van der Waals surface area contributed by atoms with E-state index in [0.29, 0.717) is 5.82 Å². The van der Waals surface area contributed by atoms with Crippen LogP contribution in [0, 0.1) is 13.8 Å². The Kier molecular flexibility index (Phi) is 4.92. The summed E-state index contributed by atoms with van der Waals surface area (Å²) >= 11 is 1.68. The Bertz CT molecular complexity index is 889. The number of aromatic nitrogens is 2. The number of aryl methyl sites for hydroxylation is 2. The normalized spacial score (nSPS) is 12.7. The van der Waals surface area contributed by atoms with Gasteiger partial charge in [-0.2, -0.15) is 0 Å². The molecule has 2 heterocycles. The first kappa shape index (κ1) is 17.6. The van der Waals surface area contributed by atoms with E-state index in [4.69, 9.17) is 15.5 Å². The van der Waals surface area contributed by atoms with E-state index in [1.165, 1.54) is 16.0 Å². The Morgan fingerprint density at radius 3 is 2.52 bits per heavy atom. The van der Waals surface area contributed by atoms with Gasteiger partial charge in [0.25, 0.3) is 0 Å². The van der Waals surface area contributed by atoms with E-state index in [-0.39, 0.29) is 6.04 Å². The highest BCUT2D eigenvalue weighted by Gasteiger charge is 2.19. The third-order valence-corrected chi connectivity index (χ3v) is 5.80. The van der Waals surface area contributed by atoms with Crippen LogP contribution in [0.25, 0.3) is 10.2 Å². The average Bonchev–Trinajstić information content (AvgIpc) is 2.89. The molecule has 0 unspecified atom stereocenters. The van der Waals surface area contributed by atoms with Crippen LogP contribution >= 0.6 is 11.3 Å². The summed E-state index contributed by atoms with van der Waals surface area (Å²) in [6.07, 6.45) is 0. The predicted molar refractivity (Wildman–Crippen MR) is 104 cm³/mol. The molecule has 3 aromatic rings. The van der Waals surface area contributed by atoms with Crippen molar-refractivity contribution in [2.75, 3.05) is 19.9 Å². The summed E-state index contributed by atoms with van der Waals surface area (Å²) < 4.78 is 5.21. The first-order chi connectivity index (χ1) is 11.9. The topological polar surface area (TPSA) is 64.3 Å². The molecule has 2 N–H and O–H groups in total. The van der Waals surface area contributed by atoms with E-state index in [1.807, 2.05) is 12.1 Å². The minimum Gasteiger partial charge on any atom is -0.497 e. The SMILES string of the molecule is COc1ccc(CN(C)[C@H](C)c2nc(N)c3c(C)c(C)sc3n2)cc1. The molecule has 1 atom stereocenters. The molecular formula is C19H24N4OS. The van der Waals surface area contributed by atoms with Crippen LogP contribution in [-0.4, -0.2) is 29.0 Å². The number of ether oxygens (including phenoxy) is 1. The van der Waals surface area contributed by atoms with Gasteiger partial charge in [-0.3, -0.25) is 4.90 Å². The monoisotopic (exact) mass is 356 g/mol. The molecule has 0 amide bonds. The van der Waals surface area contributed by atoms with E-state index in [1.54, 1.807) is 18.4 Å². The number of anilines is 1. The van der Waals surface area contributed by atoms with Crippen LogP contribution < -0.4 is 10.5 Å². The van der Waals surface area contributed by atoms with Gasteiger partial charge in [0.05, 0.1) is 18.5 Å². The third-order valence-electron chi connectivity index (χ3n) is 4.70. The maximum atomic E-state index is 6.22. The van der Waals surface area contributed by atoms with Gasteiger partial charge < -0.3 is 10.5 Å². The molecule has 1 aromatic carbocycles. The zero-order valence-electron chi connectivity index (χ0n) is 15.3. The number of rotatable bonds is 5. The standard InChI is InChI=1S/C19H24N4OS/c1-11-13(3)25-19-16(11)17(20)21-18(22-19)12(2)23(4)10-14-6-8-15(24-5)9-7-14/h6-9,12H,10H2,1-5H3,(H2,20,21,22)/t12-/m1/s1. The summed E-state index contributed by atoms with van der Waals surface area (Å²) in [6.45, 7) is 7.08.